The lowest BCUT2D eigenvalue weighted by molar-refractivity contribution is 0.628. The maximum atomic E-state index is 13.4. The van der Waals surface area contributed by atoms with Crippen molar-refractivity contribution in [3.63, 3.8) is 0 Å². The Balaban J connectivity index is 1.58. The molecule has 1 aliphatic rings. The number of benzene rings is 3. The van der Waals surface area contributed by atoms with Crippen LogP contribution in [0.1, 0.15) is 23.1 Å². The lowest BCUT2D eigenvalue weighted by Gasteiger charge is -2.31. The Morgan fingerprint density at radius 2 is 1.81 bits per heavy atom. The monoisotopic (exact) mass is 358 g/mol. The van der Waals surface area contributed by atoms with E-state index in [-0.39, 0.29) is 5.82 Å². The summed E-state index contributed by atoms with van der Waals surface area (Å²) in [5, 5.41) is 3.36. The summed E-state index contributed by atoms with van der Waals surface area (Å²) >= 11 is 0. The quantitative estimate of drug-likeness (QED) is 0.614. The van der Waals surface area contributed by atoms with Gasteiger partial charge in [0.1, 0.15) is 5.82 Å². The summed E-state index contributed by atoms with van der Waals surface area (Å²) in [4.78, 5) is 2.34. The molecule has 4 rings (SSSR count). The molecule has 0 radical (unpaired) electrons. The standard InChI is InChI=1S/C24H23FN2/c25-22-12-5-13-23(17-22)26-18-21-10-4-9-20-11-6-15-27(24(20)21)16-14-19-7-2-1-3-8-19/h1-5,7-10,12-14,16-17,26H,6,11,15,18H2. The number of anilines is 2. The molecule has 0 spiro atoms. The molecule has 0 aliphatic carbocycles. The van der Waals surface area contributed by atoms with Gasteiger partial charge in [0.2, 0.25) is 0 Å². The van der Waals surface area contributed by atoms with Crippen molar-refractivity contribution in [3.05, 3.63) is 102 Å². The van der Waals surface area contributed by atoms with Crippen molar-refractivity contribution in [1.29, 1.82) is 0 Å². The molecule has 27 heavy (non-hydrogen) atoms. The first-order valence-corrected chi connectivity index (χ1v) is 9.40. The van der Waals surface area contributed by atoms with Crippen LogP contribution in [0.15, 0.2) is 79.0 Å². The van der Waals surface area contributed by atoms with Crippen LogP contribution in [0, 0.1) is 5.82 Å². The zero-order valence-electron chi connectivity index (χ0n) is 15.2. The van der Waals surface area contributed by atoms with E-state index in [0.29, 0.717) is 6.54 Å². The smallest absolute Gasteiger partial charge is 0.125 e. The fourth-order valence-electron chi connectivity index (χ4n) is 3.59. The molecule has 0 saturated carbocycles. The molecule has 0 fully saturated rings. The van der Waals surface area contributed by atoms with Gasteiger partial charge >= 0.3 is 0 Å². The minimum absolute atomic E-state index is 0.220. The van der Waals surface area contributed by atoms with Gasteiger partial charge in [-0.05, 0) is 53.8 Å². The van der Waals surface area contributed by atoms with E-state index >= 15 is 0 Å². The third-order valence-electron chi connectivity index (χ3n) is 4.89. The topological polar surface area (TPSA) is 15.3 Å². The molecular weight excluding hydrogens is 335 g/mol. The fourth-order valence-corrected chi connectivity index (χ4v) is 3.59. The van der Waals surface area contributed by atoms with Crippen LogP contribution in [-0.4, -0.2) is 6.54 Å². The summed E-state index contributed by atoms with van der Waals surface area (Å²) in [5.41, 5.74) is 5.88. The van der Waals surface area contributed by atoms with Gasteiger partial charge in [-0.2, -0.15) is 0 Å². The molecule has 0 saturated heterocycles. The van der Waals surface area contributed by atoms with E-state index in [9.17, 15) is 4.39 Å². The van der Waals surface area contributed by atoms with E-state index in [0.717, 1.165) is 25.1 Å². The van der Waals surface area contributed by atoms with Crippen molar-refractivity contribution < 1.29 is 4.39 Å². The molecule has 0 atom stereocenters. The fraction of sp³-hybridized carbons (Fsp3) is 0.167. The van der Waals surface area contributed by atoms with Crippen LogP contribution in [0.3, 0.4) is 0 Å². The first kappa shape index (κ1) is 17.3. The van der Waals surface area contributed by atoms with Crippen molar-refractivity contribution in [2.24, 2.45) is 0 Å². The second-order valence-corrected chi connectivity index (χ2v) is 6.81. The van der Waals surface area contributed by atoms with Crippen molar-refractivity contribution >= 4 is 17.5 Å². The lowest BCUT2D eigenvalue weighted by Crippen LogP contribution is -2.25. The Kier molecular flexibility index (Phi) is 5.20. The zero-order chi connectivity index (χ0) is 18.5. The van der Waals surface area contributed by atoms with Crippen molar-refractivity contribution in [2.45, 2.75) is 19.4 Å². The Labute approximate surface area is 160 Å². The van der Waals surface area contributed by atoms with E-state index in [1.807, 2.05) is 12.1 Å². The number of rotatable bonds is 5. The first-order chi connectivity index (χ1) is 13.3. The maximum Gasteiger partial charge on any atom is 0.125 e. The number of nitrogens with one attached hydrogen (secondary N) is 1. The molecule has 3 aromatic rings. The lowest BCUT2D eigenvalue weighted by atomic mass is 9.97. The third kappa shape index (κ3) is 4.20. The number of hydrogen-bond acceptors (Lipinski definition) is 2. The number of hydrogen-bond donors (Lipinski definition) is 1. The average Bonchev–Trinajstić information content (AvgIpc) is 2.71. The van der Waals surface area contributed by atoms with Gasteiger partial charge in [0.25, 0.3) is 0 Å². The van der Waals surface area contributed by atoms with Crippen LogP contribution in [0.5, 0.6) is 0 Å². The molecule has 136 valence electrons. The molecule has 0 aromatic heterocycles. The summed E-state index contributed by atoms with van der Waals surface area (Å²) in [6, 6.07) is 23.5. The highest BCUT2D eigenvalue weighted by atomic mass is 19.1. The Bertz CT molecular complexity index is 934. The molecule has 1 aliphatic heterocycles. The predicted molar refractivity (Wildman–Crippen MR) is 111 cm³/mol. The largest absolute Gasteiger partial charge is 0.381 e. The molecule has 0 amide bonds. The SMILES string of the molecule is Fc1cccc(NCc2cccc3c2N(C=Cc2ccccc2)CCC3)c1. The minimum Gasteiger partial charge on any atom is -0.381 e. The number of nitrogens with zero attached hydrogens (tertiary/aromatic N) is 1. The molecule has 0 bridgehead atoms. The molecule has 2 nitrogen and oxygen atoms in total. The van der Waals surface area contributed by atoms with Crippen molar-refractivity contribution in [1.82, 2.24) is 0 Å². The number of para-hydroxylation sites is 1. The van der Waals surface area contributed by atoms with Crippen LogP contribution >= 0.6 is 0 Å². The Morgan fingerprint density at radius 3 is 2.67 bits per heavy atom. The van der Waals surface area contributed by atoms with Gasteiger partial charge in [-0.15, -0.1) is 0 Å². The van der Waals surface area contributed by atoms with Gasteiger partial charge in [0.15, 0.2) is 0 Å². The summed E-state index contributed by atoms with van der Waals surface area (Å²) in [7, 11) is 0. The summed E-state index contributed by atoms with van der Waals surface area (Å²) in [5.74, 6) is -0.220. The number of fused-ring (bicyclic) bond motifs is 1. The Morgan fingerprint density at radius 1 is 0.963 bits per heavy atom. The predicted octanol–water partition coefficient (Wildman–Crippen LogP) is 5.86. The van der Waals surface area contributed by atoms with Crippen LogP contribution in [0.25, 0.3) is 6.08 Å². The van der Waals surface area contributed by atoms with Gasteiger partial charge in [-0.3, -0.25) is 0 Å². The zero-order valence-corrected chi connectivity index (χ0v) is 15.2. The maximum absolute atomic E-state index is 13.4. The van der Waals surface area contributed by atoms with Crippen LogP contribution in [0.2, 0.25) is 0 Å². The van der Waals surface area contributed by atoms with E-state index in [2.05, 4.69) is 65.0 Å². The summed E-state index contributed by atoms with van der Waals surface area (Å²) in [6.07, 6.45) is 6.58. The van der Waals surface area contributed by atoms with Crippen LogP contribution in [-0.2, 0) is 13.0 Å². The van der Waals surface area contributed by atoms with Gasteiger partial charge in [-0.1, -0.05) is 54.6 Å². The summed E-state index contributed by atoms with van der Waals surface area (Å²) in [6.45, 7) is 1.68. The van der Waals surface area contributed by atoms with E-state index < -0.39 is 0 Å². The second-order valence-electron chi connectivity index (χ2n) is 6.81. The Hall–Kier alpha value is -3.07. The summed E-state index contributed by atoms with van der Waals surface area (Å²) < 4.78 is 13.4. The number of aryl methyl sites for hydroxylation is 1. The van der Waals surface area contributed by atoms with Crippen LogP contribution in [0.4, 0.5) is 15.8 Å². The van der Waals surface area contributed by atoms with Crippen molar-refractivity contribution in [3.8, 4) is 0 Å². The van der Waals surface area contributed by atoms with E-state index in [1.54, 1.807) is 6.07 Å². The normalized spacial score (nSPS) is 13.6. The first-order valence-electron chi connectivity index (χ1n) is 9.40. The average molecular weight is 358 g/mol. The highest BCUT2D eigenvalue weighted by molar-refractivity contribution is 5.66. The van der Waals surface area contributed by atoms with Gasteiger partial charge in [0.05, 0.1) is 0 Å². The molecule has 0 unspecified atom stereocenters. The van der Waals surface area contributed by atoms with E-state index in [4.69, 9.17) is 0 Å². The molecule has 1 N–H and O–H groups in total. The van der Waals surface area contributed by atoms with E-state index in [1.165, 1.54) is 34.5 Å². The highest BCUT2D eigenvalue weighted by Crippen LogP contribution is 2.32. The molecule has 3 aromatic carbocycles. The second kappa shape index (κ2) is 8.09. The third-order valence-corrected chi connectivity index (χ3v) is 4.89. The molecular formula is C24H23FN2. The minimum atomic E-state index is -0.220. The highest BCUT2D eigenvalue weighted by Gasteiger charge is 2.18. The molecule has 1 heterocycles. The van der Waals surface area contributed by atoms with Gasteiger partial charge in [-0.25, -0.2) is 4.39 Å². The van der Waals surface area contributed by atoms with Crippen molar-refractivity contribution in [2.75, 3.05) is 16.8 Å². The number of halogens is 1. The molecule has 3 heteroatoms. The van der Waals surface area contributed by atoms with Gasteiger partial charge < -0.3 is 10.2 Å². The van der Waals surface area contributed by atoms with Gasteiger partial charge in [0, 0.05) is 30.7 Å². The van der Waals surface area contributed by atoms with Crippen LogP contribution < -0.4 is 10.2 Å².